The van der Waals surface area contributed by atoms with E-state index in [0.29, 0.717) is 18.7 Å². The zero-order valence-electron chi connectivity index (χ0n) is 10.5. The van der Waals surface area contributed by atoms with Crippen LogP contribution in [0.1, 0.15) is 17.3 Å². The van der Waals surface area contributed by atoms with E-state index in [2.05, 4.69) is 17.2 Å². The smallest absolute Gasteiger partial charge is 0.176 e. The van der Waals surface area contributed by atoms with Crippen molar-refractivity contribution in [1.29, 1.82) is 0 Å². The molecule has 1 aliphatic rings. The van der Waals surface area contributed by atoms with Gasteiger partial charge in [0.25, 0.3) is 0 Å². The standard InChI is InChI=1S/C14H18N2O2/c1-3-6-15-9-13(17)11-4-5-14-12(7-11)16-8-10(2)18-14/h3-5,7,10,15-16H,1,6,8-9H2,2H3. The number of anilines is 1. The molecule has 0 amide bonds. The summed E-state index contributed by atoms with van der Waals surface area (Å²) in [5.74, 6) is 0.879. The molecule has 18 heavy (non-hydrogen) atoms. The number of carbonyl (C=O) groups is 1. The Balaban J connectivity index is 2.06. The Morgan fingerprint density at radius 3 is 3.28 bits per heavy atom. The maximum Gasteiger partial charge on any atom is 0.176 e. The van der Waals surface area contributed by atoms with E-state index >= 15 is 0 Å². The summed E-state index contributed by atoms with van der Waals surface area (Å²) >= 11 is 0. The molecule has 1 atom stereocenters. The average molecular weight is 246 g/mol. The van der Waals surface area contributed by atoms with E-state index in [1.54, 1.807) is 12.1 Å². The number of nitrogens with one attached hydrogen (secondary N) is 2. The summed E-state index contributed by atoms with van der Waals surface area (Å²) in [6.07, 6.45) is 1.89. The molecule has 1 unspecified atom stereocenters. The zero-order chi connectivity index (χ0) is 13.0. The van der Waals surface area contributed by atoms with Gasteiger partial charge in [0.15, 0.2) is 5.78 Å². The number of Topliss-reactive ketones (excluding diaryl/α,β-unsaturated/α-hetero) is 1. The second-order valence-corrected chi connectivity index (χ2v) is 4.36. The van der Waals surface area contributed by atoms with E-state index in [1.165, 1.54) is 0 Å². The number of rotatable bonds is 5. The van der Waals surface area contributed by atoms with Crippen LogP contribution >= 0.6 is 0 Å². The molecule has 0 bridgehead atoms. The van der Waals surface area contributed by atoms with Crippen molar-refractivity contribution in [2.75, 3.05) is 25.0 Å². The van der Waals surface area contributed by atoms with Crippen LogP contribution in [-0.2, 0) is 0 Å². The third-order valence-corrected chi connectivity index (χ3v) is 2.78. The summed E-state index contributed by atoms with van der Waals surface area (Å²) in [4.78, 5) is 11.9. The Labute approximate surface area is 107 Å². The van der Waals surface area contributed by atoms with Gasteiger partial charge < -0.3 is 15.4 Å². The van der Waals surface area contributed by atoms with E-state index in [-0.39, 0.29) is 11.9 Å². The highest BCUT2D eigenvalue weighted by Crippen LogP contribution is 2.29. The van der Waals surface area contributed by atoms with Crippen molar-refractivity contribution in [2.24, 2.45) is 0 Å². The summed E-state index contributed by atoms with van der Waals surface area (Å²) in [6.45, 7) is 7.32. The van der Waals surface area contributed by atoms with Crippen molar-refractivity contribution < 1.29 is 9.53 Å². The van der Waals surface area contributed by atoms with Crippen LogP contribution in [-0.4, -0.2) is 31.5 Å². The minimum absolute atomic E-state index is 0.0695. The van der Waals surface area contributed by atoms with Gasteiger partial charge in [-0.05, 0) is 25.1 Å². The first-order valence-electron chi connectivity index (χ1n) is 6.10. The Hall–Kier alpha value is -1.81. The highest BCUT2D eigenvalue weighted by molar-refractivity contribution is 5.98. The van der Waals surface area contributed by atoms with Gasteiger partial charge in [0.05, 0.1) is 18.8 Å². The fourth-order valence-electron chi connectivity index (χ4n) is 1.85. The number of hydrogen-bond donors (Lipinski definition) is 2. The minimum Gasteiger partial charge on any atom is -0.487 e. The summed E-state index contributed by atoms with van der Waals surface area (Å²) in [5, 5.41) is 6.26. The number of carbonyl (C=O) groups excluding carboxylic acids is 1. The highest BCUT2D eigenvalue weighted by atomic mass is 16.5. The number of ether oxygens (including phenoxy) is 1. The maximum atomic E-state index is 11.9. The van der Waals surface area contributed by atoms with Crippen molar-refractivity contribution in [2.45, 2.75) is 13.0 Å². The van der Waals surface area contributed by atoms with E-state index in [4.69, 9.17) is 4.74 Å². The van der Waals surface area contributed by atoms with Crippen LogP contribution in [0.4, 0.5) is 5.69 Å². The monoisotopic (exact) mass is 246 g/mol. The first kappa shape index (κ1) is 12.6. The second kappa shape index (κ2) is 5.69. The molecule has 0 saturated carbocycles. The molecular formula is C14H18N2O2. The van der Waals surface area contributed by atoms with Crippen LogP contribution in [0, 0.1) is 0 Å². The predicted octanol–water partition coefficient (Wildman–Crippen LogP) is 1.84. The Morgan fingerprint density at radius 2 is 2.50 bits per heavy atom. The first-order chi connectivity index (χ1) is 8.70. The summed E-state index contributed by atoms with van der Waals surface area (Å²) in [7, 11) is 0. The molecule has 1 aromatic rings. The van der Waals surface area contributed by atoms with Gasteiger partial charge in [0, 0.05) is 12.1 Å². The number of hydrogen-bond acceptors (Lipinski definition) is 4. The third kappa shape index (κ3) is 2.90. The lowest BCUT2D eigenvalue weighted by Crippen LogP contribution is -2.28. The summed E-state index contributed by atoms with van der Waals surface area (Å²) in [6, 6.07) is 5.49. The number of benzene rings is 1. The van der Waals surface area contributed by atoms with Crippen LogP contribution in [0.5, 0.6) is 5.75 Å². The average Bonchev–Trinajstić information content (AvgIpc) is 2.38. The molecule has 2 rings (SSSR count). The van der Waals surface area contributed by atoms with Crippen molar-refractivity contribution in [3.63, 3.8) is 0 Å². The van der Waals surface area contributed by atoms with E-state index in [9.17, 15) is 4.79 Å². The van der Waals surface area contributed by atoms with Crippen molar-refractivity contribution in [1.82, 2.24) is 5.32 Å². The van der Waals surface area contributed by atoms with Gasteiger partial charge in [-0.1, -0.05) is 6.08 Å². The molecule has 1 aromatic carbocycles. The van der Waals surface area contributed by atoms with Crippen LogP contribution in [0.25, 0.3) is 0 Å². The molecule has 96 valence electrons. The molecule has 1 aliphatic heterocycles. The van der Waals surface area contributed by atoms with Gasteiger partial charge in [-0.3, -0.25) is 4.79 Å². The van der Waals surface area contributed by atoms with Gasteiger partial charge in [-0.2, -0.15) is 0 Å². The topological polar surface area (TPSA) is 50.4 Å². The molecule has 4 nitrogen and oxygen atoms in total. The zero-order valence-corrected chi connectivity index (χ0v) is 10.5. The lowest BCUT2D eigenvalue weighted by atomic mass is 10.1. The van der Waals surface area contributed by atoms with Gasteiger partial charge in [0.1, 0.15) is 11.9 Å². The molecule has 0 aromatic heterocycles. The highest BCUT2D eigenvalue weighted by Gasteiger charge is 2.16. The summed E-state index contributed by atoms with van der Waals surface area (Å²) < 4.78 is 5.66. The molecule has 0 spiro atoms. The lowest BCUT2D eigenvalue weighted by molar-refractivity contribution is 0.0992. The van der Waals surface area contributed by atoms with Crippen molar-refractivity contribution >= 4 is 11.5 Å². The Morgan fingerprint density at radius 1 is 1.67 bits per heavy atom. The Kier molecular flexibility index (Phi) is 3.99. The van der Waals surface area contributed by atoms with Crippen LogP contribution in [0.15, 0.2) is 30.9 Å². The fraction of sp³-hybridized carbons (Fsp3) is 0.357. The number of ketones is 1. The van der Waals surface area contributed by atoms with Gasteiger partial charge in [-0.25, -0.2) is 0 Å². The Bertz CT molecular complexity index is 457. The molecule has 0 radical (unpaired) electrons. The van der Waals surface area contributed by atoms with Crippen LogP contribution < -0.4 is 15.4 Å². The second-order valence-electron chi connectivity index (χ2n) is 4.36. The van der Waals surface area contributed by atoms with E-state index in [0.717, 1.165) is 18.0 Å². The lowest BCUT2D eigenvalue weighted by Gasteiger charge is -2.25. The van der Waals surface area contributed by atoms with Crippen LogP contribution in [0.3, 0.4) is 0 Å². The van der Waals surface area contributed by atoms with Crippen molar-refractivity contribution in [3.8, 4) is 5.75 Å². The predicted molar refractivity (Wildman–Crippen MR) is 72.4 cm³/mol. The maximum absolute atomic E-state index is 11.9. The SMILES string of the molecule is C=CCNCC(=O)c1ccc2c(c1)NCC(C)O2. The summed E-state index contributed by atoms with van der Waals surface area (Å²) in [5.41, 5.74) is 1.58. The van der Waals surface area contributed by atoms with E-state index in [1.807, 2.05) is 19.1 Å². The third-order valence-electron chi connectivity index (χ3n) is 2.78. The molecule has 2 N–H and O–H groups in total. The van der Waals surface area contributed by atoms with Crippen LogP contribution in [0.2, 0.25) is 0 Å². The van der Waals surface area contributed by atoms with Crippen molar-refractivity contribution in [3.05, 3.63) is 36.4 Å². The molecule has 0 fully saturated rings. The van der Waals surface area contributed by atoms with E-state index < -0.39 is 0 Å². The normalized spacial score (nSPS) is 17.3. The quantitative estimate of drug-likeness (QED) is 0.473. The molecular weight excluding hydrogens is 228 g/mol. The van der Waals surface area contributed by atoms with Gasteiger partial charge in [-0.15, -0.1) is 6.58 Å². The molecule has 4 heteroatoms. The molecule has 0 aliphatic carbocycles. The fourth-order valence-corrected chi connectivity index (χ4v) is 1.85. The van der Waals surface area contributed by atoms with Gasteiger partial charge in [0.2, 0.25) is 0 Å². The largest absolute Gasteiger partial charge is 0.487 e. The minimum atomic E-state index is 0.0695. The molecule has 0 saturated heterocycles. The first-order valence-corrected chi connectivity index (χ1v) is 6.10. The van der Waals surface area contributed by atoms with Gasteiger partial charge >= 0.3 is 0 Å². The number of fused-ring (bicyclic) bond motifs is 1. The molecule has 1 heterocycles.